The number of carbonyl (C=O) groups excluding carboxylic acids is 1. The molecule has 0 aliphatic heterocycles. The van der Waals surface area contributed by atoms with Gasteiger partial charge >= 0.3 is 0 Å². The van der Waals surface area contributed by atoms with E-state index in [0.717, 1.165) is 0 Å². The van der Waals surface area contributed by atoms with Gasteiger partial charge in [0, 0.05) is 12.3 Å². The van der Waals surface area contributed by atoms with Crippen molar-refractivity contribution >= 4 is 15.7 Å². The number of nitrogens with one attached hydrogen (secondary N) is 1. The van der Waals surface area contributed by atoms with Gasteiger partial charge in [-0.25, -0.2) is 8.42 Å². The molecule has 14 heavy (non-hydrogen) atoms. The summed E-state index contributed by atoms with van der Waals surface area (Å²) in [4.78, 5) is 10.9. The molecule has 0 saturated heterocycles. The van der Waals surface area contributed by atoms with Crippen LogP contribution in [0.25, 0.3) is 0 Å². The minimum absolute atomic E-state index is 0.0280. The molecule has 0 aliphatic carbocycles. The molecule has 6 heteroatoms. The van der Waals surface area contributed by atoms with Gasteiger partial charge in [0.25, 0.3) is 0 Å². The Hall–Kier alpha value is -0.620. The third kappa shape index (κ3) is 4.57. The van der Waals surface area contributed by atoms with Crippen LogP contribution < -0.4 is 11.1 Å². The van der Waals surface area contributed by atoms with Crippen LogP contribution in [0.15, 0.2) is 0 Å². The average Bonchev–Trinajstić information content (AvgIpc) is 2.03. The van der Waals surface area contributed by atoms with Crippen molar-refractivity contribution in [3.63, 3.8) is 0 Å². The lowest BCUT2D eigenvalue weighted by Gasteiger charge is -2.21. The topological polar surface area (TPSA) is 89.3 Å². The largest absolute Gasteiger partial charge is 0.368 e. The van der Waals surface area contributed by atoms with E-state index in [0.29, 0.717) is 0 Å². The van der Waals surface area contributed by atoms with Crippen LogP contribution in [-0.4, -0.2) is 37.9 Å². The van der Waals surface area contributed by atoms with E-state index in [9.17, 15) is 13.2 Å². The molecule has 0 rings (SSSR count). The molecule has 0 unspecified atom stereocenters. The second kappa shape index (κ2) is 4.75. The number of amides is 1. The first-order chi connectivity index (χ1) is 6.21. The third-order valence-corrected chi connectivity index (χ3v) is 3.74. The SMILES string of the molecule is CCS(=O)(=O)CCNC(C)(C)C(N)=O. The second-order valence-corrected chi connectivity index (χ2v) is 6.13. The zero-order chi connectivity index (χ0) is 11.4. The van der Waals surface area contributed by atoms with Crippen LogP contribution in [0.2, 0.25) is 0 Å². The van der Waals surface area contributed by atoms with Crippen molar-refractivity contribution in [2.45, 2.75) is 26.3 Å². The number of sulfone groups is 1. The number of primary amides is 1. The Morgan fingerprint density at radius 2 is 1.93 bits per heavy atom. The molecule has 0 aromatic rings. The van der Waals surface area contributed by atoms with Crippen molar-refractivity contribution in [2.24, 2.45) is 5.73 Å². The second-order valence-electron chi connectivity index (χ2n) is 3.65. The van der Waals surface area contributed by atoms with E-state index in [-0.39, 0.29) is 18.1 Å². The highest BCUT2D eigenvalue weighted by atomic mass is 32.2. The molecule has 0 atom stereocenters. The summed E-state index contributed by atoms with van der Waals surface area (Å²) in [5, 5.41) is 2.80. The van der Waals surface area contributed by atoms with Gasteiger partial charge in [0.1, 0.15) is 0 Å². The van der Waals surface area contributed by atoms with Crippen LogP contribution in [0.1, 0.15) is 20.8 Å². The lowest BCUT2D eigenvalue weighted by molar-refractivity contribution is -0.123. The Kier molecular flexibility index (Phi) is 4.54. The van der Waals surface area contributed by atoms with Crippen LogP contribution in [0.4, 0.5) is 0 Å². The highest BCUT2D eigenvalue weighted by Gasteiger charge is 2.24. The summed E-state index contributed by atoms with van der Waals surface area (Å²) in [5.74, 6) is -0.349. The van der Waals surface area contributed by atoms with Crippen LogP contribution in [0.3, 0.4) is 0 Å². The van der Waals surface area contributed by atoms with E-state index in [4.69, 9.17) is 5.73 Å². The minimum atomic E-state index is -2.98. The summed E-state index contributed by atoms with van der Waals surface area (Å²) in [6, 6.07) is 0. The number of rotatable bonds is 6. The molecule has 0 aliphatic rings. The molecular formula is C8H18N2O3S. The zero-order valence-corrected chi connectivity index (χ0v) is 9.65. The Bertz CT molecular complexity index is 296. The molecule has 3 N–H and O–H groups in total. The maximum atomic E-state index is 11.1. The molecule has 0 spiro atoms. The number of nitrogens with two attached hydrogens (primary N) is 1. The van der Waals surface area contributed by atoms with Gasteiger partial charge in [-0.1, -0.05) is 6.92 Å². The number of hydrogen-bond donors (Lipinski definition) is 2. The Labute approximate surface area is 85.0 Å². The summed E-state index contributed by atoms with van der Waals surface area (Å²) >= 11 is 0. The van der Waals surface area contributed by atoms with Crippen LogP contribution in [0.5, 0.6) is 0 Å². The quantitative estimate of drug-likeness (QED) is 0.620. The summed E-state index contributed by atoms with van der Waals surface area (Å²) in [7, 11) is -2.98. The molecule has 1 amide bonds. The van der Waals surface area contributed by atoms with E-state index in [1.165, 1.54) is 0 Å². The fourth-order valence-electron chi connectivity index (χ4n) is 0.750. The molecule has 0 radical (unpaired) electrons. The fourth-order valence-corrected chi connectivity index (χ4v) is 1.45. The molecule has 0 heterocycles. The lowest BCUT2D eigenvalue weighted by Crippen LogP contribution is -2.51. The van der Waals surface area contributed by atoms with E-state index >= 15 is 0 Å². The minimum Gasteiger partial charge on any atom is -0.368 e. The molecule has 0 aromatic carbocycles. The van der Waals surface area contributed by atoms with Gasteiger partial charge in [-0.2, -0.15) is 0 Å². The van der Waals surface area contributed by atoms with Gasteiger partial charge in [0.2, 0.25) is 5.91 Å². The molecular weight excluding hydrogens is 204 g/mol. The summed E-state index contributed by atoms with van der Waals surface area (Å²) in [5.41, 5.74) is 4.24. The predicted octanol–water partition coefficient (Wildman–Crippen LogP) is -0.725. The number of carbonyl (C=O) groups is 1. The smallest absolute Gasteiger partial charge is 0.237 e. The first-order valence-corrected chi connectivity index (χ1v) is 6.29. The van der Waals surface area contributed by atoms with Crippen molar-refractivity contribution in [1.82, 2.24) is 5.32 Å². The number of hydrogen-bond acceptors (Lipinski definition) is 4. The zero-order valence-electron chi connectivity index (χ0n) is 8.83. The van der Waals surface area contributed by atoms with Gasteiger partial charge in [0.05, 0.1) is 11.3 Å². The van der Waals surface area contributed by atoms with E-state index in [1.54, 1.807) is 20.8 Å². The molecule has 0 fully saturated rings. The monoisotopic (exact) mass is 222 g/mol. The first kappa shape index (κ1) is 13.4. The van der Waals surface area contributed by atoms with Crippen molar-refractivity contribution in [2.75, 3.05) is 18.1 Å². The molecule has 5 nitrogen and oxygen atoms in total. The van der Waals surface area contributed by atoms with Gasteiger partial charge in [-0.05, 0) is 13.8 Å². The van der Waals surface area contributed by atoms with Crippen molar-refractivity contribution in [3.05, 3.63) is 0 Å². The fraction of sp³-hybridized carbons (Fsp3) is 0.875. The molecule has 84 valence electrons. The maximum absolute atomic E-state index is 11.1. The molecule has 0 aromatic heterocycles. The molecule has 0 saturated carbocycles. The standard InChI is InChI=1S/C8H18N2O3S/c1-4-14(12,13)6-5-10-8(2,3)7(9)11/h10H,4-6H2,1-3H3,(H2,9,11). The van der Waals surface area contributed by atoms with Gasteiger partial charge in [0.15, 0.2) is 9.84 Å². The van der Waals surface area contributed by atoms with Crippen molar-refractivity contribution in [3.8, 4) is 0 Å². The highest BCUT2D eigenvalue weighted by molar-refractivity contribution is 7.91. The van der Waals surface area contributed by atoms with Crippen LogP contribution in [0, 0.1) is 0 Å². The van der Waals surface area contributed by atoms with Crippen molar-refractivity contribution < 1.29 is 13.2 Å². The first-order valence-electron chi connectivity index (χ1n) is 4.46. The van der Waals surface area contributed by atoms with Crippen LogP contribution >= 0.6 is 0 Å². The normalized spacial score (nSPS) is 12.8. The van der Waals surface area contributed by atoms with Gasteiger partial charge < -0.3 is 11.1 Å². The third-order valence-electron chi connectivity index (χ3n) is 2.04. The summed E-state index contributed by atoms with van der Waals surface area (Å²) in [6.07, 6.45) is 0. The molecule has 0 bridgehead atoms. The van der Waals surface area contributed by atoms with Crippen LogP contribution in [-0.2, 0) is 14.6 Å². The van der Waals surface area contributed by atoms with E-state index < -0.39 is 21.3 Å². The lowest BCUT2D eigenvalue weighted by atomic mass is 10.1. The maximum Gasteiger partial charge on any atom is 0.237 e. The van der Waals surface area contributed by atoms with E-state index in [2.05, 4.69) is 5.32 Å². The highest BCUT2D eigenvalue weighted by Crippen LogP contribution is 1.99. The summed E-state index contributed by atoms with van der Waals surface area (Å²) < 4.78 is 22.2. The van der Waals surface area contributed by atoms with E-state index in [1.807, 2.05) is 0 Å². The predicted molar refractivity (Wildman–Crippen MR) is 55.6 cm³/mol. The Morgan fingerprint density at radius 3 is 2.29 bits per heavy atom. The Morgan fingerprint density at radius 1 is 1.43 bits per heavy atom. The average molecular weight is 222 g/mol. The van der Waals surface area contributed by atoms with Gasteiger partial charge in [-0.15, -0.1) is 0 Å². The van der Waals surface area contributed by atoms with Gasteiger partial charge in [-0.3, -0.25) is 4.79 Å². The van der Waals surface area contributed by atoms with Crippen molar-refractivity contribution in [1.29, 1.82) is 0 Å². The summed E-state index contributed by atoms with van der Waals surface area (Å²) in [6.45, 7) is 5.07. The Balaban J connectivity index is 4.04.